The minimum atomic E-state index is 0.0885. The number of methoxy groups -OCH3 is 1. The maximum Gasteiger partial charge on any atom is 0.258 e. The van der Waals surface area contributed by atoms with E-state index in [9.17, 15) is 5.21 Å². The van der Waals surface area contributed by atoms with Crippen LogP contribution in [0.25, 0.3) is 0 Å². The molecule has 0 amide bonds. The van der Waals surface area contributed by atoms with Crippen molar-refractivity contribution in [2.24, 2.45) is 0 Å². The molecule has 0 bridgehead atoms. The zero-order valence-corrected chi connectivity index (χ0v) is 12.9. The quantitative estimate of drug-likeness (QED) is 0.234. The van der Waals surface area contributed by atoms with Crippen LogP contribution >= 0.6 is 24.8 Å². The highest BCUT2D eigenvalue weighted by Gasteiger charge is 2.11. The normalized spacial score (nSPS) is 11.0. The van der Waals surface area contributed by atoms with E-state index in [1.165, 1.54) is 13.3 Å². The Morgan fingerprint density at radius 2 is 1.76 bits per heavy atom. The Hall–Kier alpha value is -2.05. The third-order valence-electron chi connectivity index (χ3n) is 2.70. The van der Waals surface area contributed by atoms with Crippen LogP contribution in [0.4, 0.5) is 5.69 Å². The molecular formula is C15H13NO3S2. The fourth-order valence-electron chi connectivity index (χ4n) is 1.78. The minimum absolute atomic E-state index is 0.0885. The predicted molar refractivity (Wildman–Crippen MR) is 90.1 cm³/mol. The maximum atomic E-state index is 12.3. The van der Waals surface area contributed by atoms with Crippen molar-refractivity contribution in [3.8, 4) is 11.5 Å². The molecule has 0 fully saturated rings. The van der Waals surface area contributed by atoms with Crippen molar-refractivity contribution in [2.75, 3.05) is 7.11 Å². The lowest BCUT2D eigenvalue weighted by Gasteiger charge is -2.09. The van der Waals surface area contributed by atoms with Gasteiger partial charge in [-0.1, -0.05) is 36.9 Å². The molecular weight excluding hydrogens is 306 g/mol. The highest BCUT2D eigenvalue weighted by molar-refractivity contribution is 8.10. The third kappa shape index (κ3) is 3.96. The topological polar surface area (TPSA) is 44.5 Å². The number of benzene rings is 2. The van der Waals surface area contributed by atoms with Gasteiger partial charge in [0.1, 0.15) is 5.75 Å². The molecule has 0 saturated heterocycles. The van der Waals surface area contributed by atoms with Crippen LogP contribution in [-0.2, 0) is 0 Å². The lowest BCUT2D eigenvalue weighted by molar-refractivity contribution is -0.355. The first kappa shape index (κ1) is 15.3. The molecule has 0 saturated carbocycles. The van der Waals surface area contributed by atoms with Crippen molar-refractivity contribution in [1.29, 1.82) is 0 Å². The van der Waals surface area contributed by atoms with E-state index in [1.54, 1.807) is 48.5 Å². The Labute approximate surface area is 133 Å². The molecule has 0 heterocycles. The Bertz CT molecular complexity index is 686. The molecule has 0 aliphatic rings. The number of para-hydroxylation sites is 3. The smallest absolute Gasteiger partial charge is 0.258 e. The SMILES string of the molecule is COc1ccccc1[N+]([O-])=Cc1ccccc1OC(=S)S. The van der Waals surface area contributed by atoms with Crippen LogP contribution in [-0.4, -0.2) is 22.4 Å². The first-order valence-corrected chi connectivity index (χ1v) is 6.91. The van der Waals surface area contributed by atoms with Crippen molar-refractivity contribution < 1.29 is 14.2 Å². The van der Waals surface area contributed by atoms with Gasteiger partial charge in [-0.2, -0.15) is 4.74 Å². The number of ether oxygens (including phenoxy) is 2. The van der Waals surface area contributed by atoms with E-state index in [1.807, 2.05) is 0 Å². The molecule has 21 heavy (non-hydrogen) atoms. The summed E-state index contributed by atoms with van der Waals surface area (Å²) in [6.07, 6.45) is 1.40. The van der Waals surface area contributed by atoms with E-state index in [4.69, 9.17) is 21.7 Å². The van der Waals surface area contributed by atoms with Crippen LogP contribution in [0.15, 0.2) is 48.5 Å². The second-order valence-electron chi connectivity index (χ2n) is 4.03. The molecule has 0 atom stereocenters. The number of hydrogen-bond acceptors (Lipinski definition) is 4. The van der Waals surface area contributed by atoms with Gasteiger partial charge in [-0.05, 0) is 30.4 Å². The Morgan fingerprint density at radius 1 is 1.14 bits per heavy atom. The van der Waals surface area contributed by atoms with E-state index in [2.05, 4.69) is 12.6 Å². The summed E-state index contributed by atoms with van der Waals surface area (Å²) in [6, 6.07) is 14.0. The van der Waals surface area contributed by atoms with E-state index < -0.39 is 0 Å². The van der Waals surface area contributed by atoms with Crippen LogP contribution in [0.1, 0.15) is 5.56 Å². The average molecular weight is 319 g/mol. The van der Waals surface area contributed by atoms with E-state index >= 15 is 0 Å². The Morgan fingerprint density at radius 3 is 2.43 bits per heavy atom. The van der Waals surface area contributed by atoms with Crippen LogP contribution in [0.2, 0.25) is 0 Å². The van der Waals surface area contributed by atoms with Gasteiger partial charge < -0.3 is 14.7 Å². The van der Waals surface area contributed by atoms with Gasteiger partial charge in [0, 0.05) is 6.07 Å². The molecule has 6 heteroatoms. The highest BCUT2D eigenvalue weighted by Crippen LogP contribution is 2.26. The van der Waals surface area contributed by atoms with Crippen molar-refractivity contribution in [1.82, 2.24) is 0 Å². The fourth-order valence-corrected chi connectivity index (χ4v) is 1.97. The summed E-state index contributed by atoms with van der Waals surface area (Å²) < 4.78 is 11.3. The van der Waals surface area contributed by atoms with Crippen molar-refractivity contribution in [3.05, 3.63) is 59.3 Å². The molecule has 2 rings (SSSR count). The number of thiol groups is 1. The summed E-state index contributed by atoms with van der Waals surface area (Å²) in [5.74, 6) is 0.958. The molecule has 0 N–H and O–H groups in total. The first-order valence-electron chi connectivity index (χ1n) is 6.06. The zero-order chi connectivity index (χ0) is 15.2. The Kier molecular flexibility index (Phi) is 5.19. The van der Waals surface area contributed by atoms with Crippen LogP contribution in [0, 0.1) is 5.21 Å². The van der Waals surface area contributed by atoms with E-state index in [-0.39, 0.29) is 4.38 Å². The van der Waals surface area contributed by atoms with Gasteiger partial charge >= 0.3 is 0 Å². The van der Waals surface area contributed by atoms with Gasteiger partial charge in [-0.3, -0.25) is 0 Å². The van der Waals surface area contributed by atoms with Crippen molar-refractivity contribution in [2.45, 2.75) is 0 Å². The van der Waals surface area contributed by atoms with Crippen LogP contribution in [0.3, 0.4) is 0 Å². The van der Waals surface area contributed by atoms with Gasteiger partial charge in [0.25, 0.3) is 5.69 Å². The molecule has 0 radical (unpaired) electrons. The molecule has 2 aromatic rings. The molecule has 0 aliphatic carbocycles. The first-order chi connectivity index (χ1) is 10.1. The third-order valence-corrected chi connectivity index (χ3v) is 2.87. The summed E-state index contributed by atoms with van der Waals surface area (Å²) in [7, 11) is 1.52. The molecule has 4 nitrogen and oxygen atoms in total. The fraction of sp³-hybridized carbons (Fsp3) is 0.0667. The average Bonchev–Trinajstić information content (AvgIpc) is 2.48. The van der Waals surface area contributed by atoms with Crippen molar-refractivity contribution >= 4 is 41.1 Å². The largest absolute Gasteiger partial charge is 0.618 e. The van der Waals surface area contributed by atoms with Gasteiger partial charge in [-0.15, -0.1) is 0 Å². The molecule has 0 aromatic heterocycles. The highest BCUT2D eigenvalue weighted by atomic mass is 32.1. The maximum absolute atomic E-state index is 12.3. The van der Waals surface area contributed by atoms with Gasteiger partial charge in [-0.25, -0.2) is 0 Å². The van der Waals surface area contributed by atoms with Crippen LogP contribution in [0.5, 0.6) is 11.5 Å². The number of nitrogens with zero attached hydrogens (tertiary/aromatic N) is 1. The standard InChI is InChI=1S/C15H13NO3S2/c1-18-14-9-5-3-7-12(14)16(17)10-11-6-2-4-8-13(11)19-15(20)21/h2-10H,1H3,(H,20,21). The summed E-state index contributed by atoms with van der Waals surface area (Å²) >= 11 is 8.73. The Balaban J connectivity index is 2.41. The molecule has 2 aromatic carbocycles. The van der Waals surface area contributed by atoms with Crippen molar-refractivity contribution in [3.63, 3.8) is 0 Å². The van der Waals surface area contributed by atoms with E-state index in [0.717, 1.165) is 4.74 Å². The summed E-state index contributed by atoms with van der Waals surface area (Å²) in [6.45, 7) is 0. The zero-order valence-electron chi connectivity index (χ0n) is 11.2. The monoisotopic (exact) mass is 319 g/mol. The molecule has 0 unspecified atom stereocenters. The summed E-state index contributed by atoms with van der Waals surface area (Å²) in [5, 5.41) is 12.3. The lowest BCUT2D eigenvalue weighted by Crippen LogP contribution is -2.04. The lowest BCUT2D eigenvalue weighted by atomic mass is 10.2. The minimum Gasteiger partial charge on any atom is -0.618 e. The predicted octanol–water partition coefficient (Wildman–Crippen LogP) is 3.55. The molecule has 0 aliphatic heterocycles. The molecule has 0 spiro atoms. The van der Waals surface area contributed by atoms with Gasteiger partial charge in [0.2, 0.25) is 4.38 Å². The summed E-state index contributed by atoms with van der Waals surface area (Å²) in [4.78, 5) is 0. The number of rotatable bonds is 4. The van der Waals surface area contributed by atoms with Gasteiger partial charge in [0.05, 0.1) is 12.7 Å². The summed E-state index contributed by atoms with van der Waals surface area (Å²) in [5.41, 5.74) is 0.998. The second kappa shape index (κ2) is 7.10. The number of hydrogen-bond donors (Lipinski definition) is 1. The molecule has 108 valence electrons. The van der Waals surface area contributed by atoms with Gasteiger partial charge in [0.15, 0.2) is 12.0 Å². The van der Waals surface area contributed by atoms with E-state index in [0.29, 0.717) is 22.7 Å². The second-order valence-corrected chi connectivity index (χ2v) is 5.11. The van der Waals surface area contributed by atoms with Crippen LogP contribution < -0.4 is 9.47 Å². The number of thiocarbonyl (C=S) groups is 1.